The van der Waals surface area contributed by atoms with Gasteiger partial charge >= 0.3 is 0 Å². The average Bonchev–Trinajstić information content (AvgIpc) is 2.51. The number of carbonyl (C=O) groups is 2. The third-order valence-corrected chi connectivity index (χ3v) is 6.92. The Kier molecular flexibility index (Phi) is 4.31. The van der Waals surface area contributed by atoms with Crippen molar-refractivity contribution in [1.82, 2.24) is 15.5 Å². The fraction of sp³-hybridized carbons (Fsp3) is 0.895. The van der Waals surface area contributed by atoms with E-state index in [9.17, 15) is 9.59 Å². The highest BCUT2D eigenvalue weighted by Gasteiger charge is 2.54. The summed E-state index contributed by atoms with van der Waals surface area (Å²) in [6.45, 7) is 2.16. The van der Waals surface area contributed by atoms with Crippen LogP contribution in [0.2, 0.25) is 0 Å². The van der Waals surface area contributed by atoms with Crippen molar-refractivity contribution in [3.8, 4) is 0 Å². The summed E-state index contributed by atoms with van der Waals surface area (Å²) in [5.41, 5.74) is -0.153. The van der Waals surface area contributed by atoms with Gasteiger partial charge in [0, 0.05) is 18.0 Å². The SMILES string of the molecule is CN1CCCC(NC(=O)CNC(=O)C23CC4CC(CC(C4)C2)C3)C1. The molecule has 134 valence electrons. The first-order chi connectivity index (χ1) is 11.5. The topological polar surface area (TPSA) is 61.4 Å². The smallest absolute Gasteiger partial charge is 0.239 e. The van der Waals surface area contributed by atoms with Gasteiger partial charge in [0.05, 0.1) is 6.54 Å². The summed E-state index contributed by atoms with van der Waals surface area (Å²) in [6.07, 6.45) is 9.34. The molecular formula is C19H31N3O2. The molecule has 0 spiro atoms. The maximum Gasteiger partial charge on any atom is 0.239 e. The van der Waals surface area contributed by atoms with Crippen molar-refractivity contribution in [2.24, 2.45) is 23.2 Å². The second-order valence-corrected chi connectivity index (χ2v) is 9.05. The van der Waals surface area contributed by atoms with Gasteiger partial charge in [-0.3, -0.25) is 9.59 Å². The van der Waals surface area contributed by atoms with E-state index in [0.717, 1.165) is 62.9 Å². The Morgan fingerprint density at radius 3 is 2.29 bits per heavy atom. The van der Waals surface area contributed by atoms with Crippen LogP contribution >= 0.6 is 0 Å². The summed E-state index contributed by atoms with van der Waals surface area (Å²) in [5.74, 6) is 2.39. The number of hydrogen-bond donors (Lipinski definition) is 2. The molecule has 0 aromatic rings. The van der Waals surface area contributed by atoms with Crippen LogP contribution in [0.1, 0.15) is 51.4 Å². The first kappa shape index (κ1) is 16.4. The molecule has 24 heavy (non-hydrogen) atoms. The number of hydrogen-bond acceptors (Lipinski definition) is 3. The van der Waals surface area contributed by atoms with Crippen LogP contribution in [0, 0.1) is 23.2 Å². The Morgan fingerprint density at radius 2 is 1.71 bits per heavy atom. The van der Waals surface area contributed by atoms with Crippen LogP contribution in [0.15, 0.2) is 0 Å². The van der Waals surface area contributed by atoms with Crippen molar-refractivity contribution in [3.05, 3.63) is 0 Å². The number of carbonyl (C=O) groups excluding carboxylic acids is 2. The van der Waals surface area contributed by atoms with Gasteiger partial charge in [-0.15, -0.1) is 0 Å². The number of likely N-dealkylation sites (N-methyl/N-ethyl adjacent to an activating group) is 1. The predicted octanol–water partition coefficient (Wildman–Crippen LogP) is 1.53. The minimum absolute atomic E-state index is 0.0339. The van der Waals surface area contributed by atoms with Gasteiger partial charge in [0.25, 0.3) is 0 Å². The average molecular weight is 333 g/mol. The van der Waals surface area contributed by atoms with E-state index >= 15 is 0 Å². The summed E-state index contributed by atoms with van der Waals surface area (Å²) in [5, 5.41) is 6.06. The van der Waals surface area contributed by atoms with Gasteiger partial charge in [0.2, 0.25) is 11.8 Å². The second kappa shape index (κ2) is 6.32. The van der Waals surface area contributed by atoms with Gasteiger partial charge in [0.15, 0.2) is 0 Å². The summed E-state index contributed by atoms with van der Waals surface area (Å²) < 4.78 is 0. The Hall–Kier alpha value is -1.10. The molecular weight excluding hydrogens is 302 g/mol. The monoisotopic (exact) mass is 333 g/mol. The fourth-order valence-corrected chi connectivity index (χ4v) is 6.30. The molecule has 1 saturated heterocycles. The maximum atomic E-state index is 12.8. The minimum atomic E-state index is -0.153. The summed E-state index contributed by atoms with van der Waals surface area (Å²) >= 11 is 0. The number of nitrogens with zero attached hydrogens (tertiary/aromatic N) is 1. The minimum Gasteiger partial charge on any atom is -0.351 e. The highest BCUT2D eigenvalue weighted by Crippen LogP contribution is 2.60. The number of likely N-dealkylation sites (tertiary alicyclic amines) is 1. The lowest BCUT2D eigenvalue weighted by atomic mass is 9.49. The van der Waals surface area contributed by atoms with Gasteiger partial charge in [0.1, 0.15) is 0 Å². The molecule has 1 heterocycles. The van der Waals surface area contributed by atoms with Gasteiger partial charge in [-0.25, -0.2) is 0 Å². The molecule has 0 aromatic heterocycles. The van der Waals surface area contributed by atoms with E-state index in [1.165, 1.54) is 19.3 Å². The normalized spacial score (nSPS) is 41.2. The van der Waals surface area contributed by atoms with Crippen LogP contribution in [0.25, 0.3) is 0 Å². The van der Waals surface area contributed by atoms with E-state index in [2.05, 4.69) is 22.6 Å². The lowest BCUT2D eigenvalue weighted by molar-refractivity contribution is -0.147. The zero-order valence-corrected chi connectivity index (χ0v) is 14.9. The number of piperidine rings is 1. The molecule has 5 heteroatoms. The summed E-state index contributed by atoms with van der Waals surface area (Å²) in [6, 6.07) is 0.229. The van der Waals surface area contributed by atoms with E-state index in [1.807, 2.05) is 0 Å². The number of amides is 2. The molecule has 1 atom stereocenters. The van der Waals surface area contributed by atoms with Crippen LogP contribution in [-0.4, -0.2) is 49.4 Å². The molecule has 2 amide bonds. The highest BCUT2D eigenvalue weighted by atomic mass is 16.2. The van der Waals surface area contributed by atoms with Gasteiger partial charge in [-0.2, -0.15) is 0 Å². The van der Waals surface area contributed by atoms with Crippen molar-refractivity contribution in [1.29, 1.82) is 0 Å². The second-order valence-electron chi connectivity index (χ2n) is 9.05. The highest BCUT2D eigenvalue weighted by molar-refractivity contribution is 5.88. The predicted molar refractivity (Wildman–Crippen MR) is 92.3 cm³/mol. The van der Waals surface area contributed by atoms with Gasteiger partial charge in [-0.1, -0.05) is 0 Å². The van der Waals surface area contributed by atoms with Crippen LogP contribution in [0.3, 0.4) is 0 Å². The zero-order chi connectivity index (χ0) is 16.7. The number of rotatable bonds is 4. The van der Waals surface area contributed by atoms with E-state index in [4.69, 9.17) is 0 Å². The molecule has 4 saturated carbocycles. The third-order valence-electron chi connectivity index (χ3n) is 6.92. The van der Waals surface area contributed by atoms with Crippen molar-refractivity contribution >= 4 is 11.8 Å². The first-order valence-electron chi connectivity index (χ1n) is 9.79. The fourth-order valence-electron chi connectivity index (χ4n) is 6.30. The lowest BCUT2D eigenvalue weighted by Crippen LogP contribution is -2.55. The van der Waals surface area contributed by atoms with Gasteiger partial charge < -0.3 is 15.5 Å². The summed E-state index contributed by atoms with van der Waals surface area (Å²) in [7, 11) is 2.09. The maximum absolute atomic E-state index is 12.8. The molecule has 5 rings (SSSR count). The molecule has 5 aliphatic rings. The van der Waals surface area contributed by atoms with Crippen LogP contribution in [0.5, 0.6) is 0 Å². The van der Waals surface area contributed by atoms with E-state index in [0.29, 0.717) is 0 Å². The zero-order valence-electron chi connectivity index (χ0n) is 14.9. The van der Waals surface area contributed by atoms with Crippen molar-refractivity contribution in [3.63, 3.8) is 0 Å². The largest absolute Gasteiger partial charge is 0.351 e. The quantitative estimate of drug-likeness (QED) is 0.820. The summed E-state index contributed by atoms with van der Waals surface area (Å²) in [4.78, 5) is 27.3. The Morgan fingerprint density at radius 1 is 1.08 bits per heavy atom. The standard InChI is InChI=1S/C19H31N3O2/c1-22-4-2-3-16(12-22)21-17(23)11-20-18(24)19-8-13-5-14(9-19)7-15(6-13)10-19/h13-16H,2-12H2,1H3,(H,20,24)(H,21,23). The number of nitrogens with one attached hydrogen (secondary N) is 2. The molecule has 5 nitrogen and oxygen atoms in total. The molecule has 1 aliphatic heterocycles. The molecule has 4 bridgehead atoms. The van der Waals surface area contributed by atoms with E-state index in [1.54, 1.807) is 0 Å². The van der Waals surface area contributed by atoms with Gasteiger partial charge in [-0.05, 0) is 82.7 Å². The Labute approximate surface area is 144 Å². The molecule has 0 radical (unpaired) electrons. The Balaban J connectivity index is 1.28. The van der Waals surface area contributed by atoms with Crippen molar-refractivity contribution < 1.29 is 9.59 Å². The molecule has 2 N–H and O–H groups in total. The molecule has 4 aliphatic carbocycles. The van der Waals surface area contributed by atoms with E-state index < -0.39 is 0 Å². The van der Waals surface area contributed by atoms with Crippen LogP contribution in [0.4, 0.5) is 0 Å². The first-order valence-corrected chi connectivity index (χ1v) is 9.79. The van der Waals surface area contributed by atoms with Crippen molar-refractivity contribution in [2.45, 2.75) is 57.4 Å². The van der Waals surface area contributed by atoms with Crippen molar-refractivity contribution in [2.75, 3.05) is 26.7 Å². The lowest BCUT2D eigenvalue weighted by Gasteiger charge is -2.55. The molecule has 5 fully saturated rings. The third kappa shape index (κ3) is 3.19. The molecule has 1 unspecified atom stereocenters. The van der Waals surface area contributed by atoms with Crippen LogP contribution in [-0.2, 0) is 9.59 Å². The Bertz CT molecular complexity index is 483. The van der Waals surface area contributed by atoms with Crippen LogP contribution < -0.4 is 10.6 Å². The molecule has 0 aromatic carbocycles. The van der Waals surface area contributed by atoms with E-state index in [-0.39, 0.29) is 29.8 Å².